The number of amides is 1. The molecule has 2 aliphatic heterocycles. The van der Waals surface area contributed by atoms with Crippen LogP contribution in [0.2, 0.25) is 0 Å². The molecule has 1 amide bonds. The van der Waals surface area contributed by atoms with Gasteiger partial charge in [-0.2, -0.15) is 0 Å². The summed E-state index contributed by atoms with van der Waals surface area (Å²) in [7, 11) is 0. The Labute approximate surface area is 179 Å². The van der Waals surface area contributed by atoms with Gasteiger partial charge in [0.2, 0.25) is 0 Å². The normalized spacial score (nSPS) is 21.8. The number of hydrogen-bond donors (Lipinski definition) is 0. The van der Waals surface area contributed by atoms with E-state index in [9.17, 15) is 4.79 Å². The summed E-state index contributed by atoms with van der Waals surface area (Å²) in [6.07, 6.45) is 4.42. The molecule has 2 saturated heterocycles. The lowest BCUT2D eigenvalue weighted by atomic mass is 9.88. The zero-order valence-corrected chi connectivity index (χ0v) is 17.8. The van der Waals surface area contributed by atoms with Crippen molar-refractivity contribution in [1.29, 1.82) is 0 Å². The van der Waals surface area contributed by atoms with E-state index in [-0.39, 0.29) is 30.0 Å². The van der Waals surface area contributed by atoms with E-state index in [1.165, 1.54) is 5.56 Å². The van der Waals surface area contributed by atoms with Crippen LogP contribution in [-0.2, 0) is 22.5 Å². The summed E-state index contributed by atoms with van der Waals surface area (Å²) in [5.74, 6) is 0.0720. The van der Waals surface area contributed by atoms with Crippen LogP contribution in [0.1, 0.15) is 31.0 Å². The Bertz CT molecular complexity index is 779. The van der Waals surface area contributed by atoms with Crippen LogP contribution in [0.4, 0.5) is 0 Å². The Balaban J connectivity index is 0.00000240. The number of carbonyl (C=O) groups is 1. The second kappa shape index (κ2) is 9.70. The highest BCUT2D eigenvalue weighted by molar-refractivity contribution is 5.85. The smallest absolute Gasteiger partial charge is 0.251 e. The molecule has 5 nitrogen and oxygen atoms in total. The number of hydrogen-bond acceptors (Lipinski definition) is 4. The maximum absolute atomic E-state index is 12.6. The van der Waals surface area contributed by atoms with Gasteiger partial charge in [0.25, 0.3) is 5.91 Å². The number of likely N-dealkylation sites (tertiary alicyclic amines) is 1. The number of ether oxygens (including phenoxy) is 1. The number of benzene rings is 1. The van der Waals surface area contributed by atoms with Crippen molar-refractivity contribution in [3.63, 3.8) is 0 Å². The van der Waals surface area contributed by atoms with Crippen LogP contribution in [0.5, 0.6) is 0 Å². The second-order valence-electron chi connectivity index (χ2n) is 8.04. The average Bonchev–Trinajstić information content (AvgIpc) is 2.73. The van der Waals surface area contributed by atoms with Crippen LogP contribution in [0.25, 0.3) is 0 Å². The second-order valence-corrected chi connectivity index (χ2v) is 8.04. The van der Waals surface area contributed by atoms with Gasteiger partial charge >= 0.3 is 0 Å². The monoisotopic (exact) mass is 415 g/mol. The van der Waals surface area contributed by atoms with Crippen LogP contribution < -0.4 is 0 Å². The van der Waals surface area contributed by atoms with Gasteiger partial charge in [0.05, 0.1) is 24.4 Å². The molecule has 0 bridgehead atoms. The lowest BCUT2D eigenvalue weighted by Gasteiger charge is -2.49. The van der Waals surface area contributed by atoms with Crippen molar-refractivity contribution < 1.29 is 9.53 Å². The van der Waals surface area contributed by atoms with Gasteiger partial charge in [0.1, 0.15) is 6.10 Å². The first-order valence-electron chi connectivity index (χ1n) is 10.3. The fraction of sp³-hybridized carbons (Fsp3) is 0.478. The first-order valence-corrected chi connectivity index (χ1v) is 10.3. The maximum atomic E-state index is 12.6. The molecule has 0 radical (unpaired) electrons. The number of pyridine rings is 1. The number of carbonyl (C=O) groups excluding carboxylic acids is 1. The number of morpholine rings is 1. The molecule has 6 heteroatoms. The molecule has 2 fully saturated rings. The van der Waals surface area contributed by atoms with Crippen LogP contribution in [0.15, 0.2) is 54.7 Å². The standard InChI is InChI=1S/C23H29N3O2.ClH/c1-19-22(27)26(17-21-9-5-6-13-24-21)18-23(28-19)11-15-25(16-12-23)14-10-20-7-3-2-4-8-20;/h2-9,13,19H,10-12,14-18H2,1H3;1H. The van der Waals surface area contributed by atoms with Gasteiger partial charge in [-0.05, 0) is 43.9 Å². The summed E-state index contributed by atoms with van der Waals surface area (Å²) in [6, 6.07) is 16.5. The van der Waals surface area contributed by atoms with Crippen molar-refractivity contribution >= 4 is 18.3 Å². The zero-order chi connectivity index (χ0) is 19.4. The summed E-state index contributed by atoms with van der Waals surface area (Å²) in [6.45, 7) is 6.23. The molecule has 1 aromatic heterocycles. The Kier molecular flexibility index (Phi) is 7.28. The summed E-state index contributed by atoms with van der Waals surface area (Å²) >= 11 is 0. The number of piperidine rings is 1. The van der Waals surface area contributed by atoms with E-state index in [4.69, 9.17) is 4.74 Å². The zero-order valence-electron chi connectivity index (χ0n) is 17.0. The first kappa shape index (κ1) is 21.8. The lowest BCUT2D eigenvalue weighted by molar-refractivity contribution is -0.190. The molecule has 156 valence electrons. The van der Waals surface area contributed by atoms with Gasteiger partial charge in [-0.3, -0.25) is 9.78 Å². The van der Waals surface area contributed by atoms with Crippen LogP contribution >= 0.6 is 12.4 Å². The van der Waals surface area contributed by atoms with Gasteiger partial charge < -0.3 is 14.5 Å². The molecule has 1 aromatic carbocycles. The predicted molar refractivity (Wildman–Crippen MR) is 116 cm³/mol. The van der Waals surface area contributed by atoms with Crippen LogP contribution in [-0.4, -0.2) is 58.6 Å². The van der Waals surface area contributed by atoms with E-state index in [0.717, 1.165) is 44.6 Å². The molecule has 3 heterocycles. The molecule has 1 atom stereocenters. The van der Waals surface area contributed by atoms with E-state index in [2.05, 4.69) is 40.2 Å². The highest BCUT2D eigenvalue weighted by Crippen LogP contribution is 2.33. The van der Waals surface area contributed by atoms with Crippen molar-refractivity contribution in [3.8, 4) is 0 Å². The summed E-state index contributed by atoms with van der Waals surface area (Å²) < 4.78 is 6.27. The molecule has 1 spiro atoms. The van der Waals surface area contributed by atoms with E-state index in [1.807, 2.05) is 30.0 Å². The Morgan fingerprint density at radius 1 is 1.10 bits per heavy atom. The van der Waals surface area contributed by atoms with Crippen molar-refractivity contribution in [2.75, 3.05) is 26.2 Å². The van der Waals surface area contributed by atoms with Crippen LogP contribution in [0, 0.1) is 0 Å². The third kappa shape index (κ3) is 5.35. The Morgan fingerprint density at radius 3 is 2.52 bits per heavy atom. The lowest BCUT2D eigenvalue weighted by Crippen LogP contribution is -2.61. The van der Waals surface area contributed by atoms with Crippen molar-refractivity contribution in [2.45, 2.75) is 44.4 Å². The maximum Gasteiger partial charge on any atom is 0.251 e. The average molecular weight is 416 g/mol. The molecule has 29 heavy (non-hydrogen) atoms. The minimum Gasteiger partial charge on any atom is -0.360 e. The molecule has 2 aliphatic rings. The SMILES string of the molecule is CC1OC2(CCN(CCc3ccccc3)CC2)CN(Cc2ccccn2)C1=O.Cl. The molecule has 0 aliphatic carbocycles. The Morgan fingerprint density at radius 2 is 1.83 bits per heavy atom. The molecule has 0 N–H and O–H groups in total. The number of nitrogens with zero attached hydrogens (tertiary/aromatic N) is 3. The molecular weight excluding hydrogens is 386 g/mol. The summed E-state index contributed by atoms with van der Waals surface area (Å²) in [4.78, 5) is 21.5. The van der Waals surface area contributed by atoms with Gasteiger partial charge in [-0.25, -0.2) is 0 Å². The minimum absolute atomic E-state index is 0. The van der Waals surface area contributed by atoms with E-state index >= 15 is 0 Å². The third-order valence-corrected chi connectivity index (χ3v) is 5.97. The highest BCUT2D eigenvalue weighted by Gasteiger charge is 2.45. The first-order chi connectivity index (χ1) is 13.6. The Hall–Kier alpha value is -1.95. The van der Waals surface area contributed by atoms with Crippen LogP contribution in [0.3, 0.4) is 0 Å². The largest absolute Gasteiger partial charge is 0.360 e. The quantitative estimate of drug-likeness (QED) is 0.751. The van der Waals surface area contributed by atoms with E-state index in [1.54, 1.807) is 6.20 Å². The van der Waals surface area contributed by atoms with Crippen molar-refractivity contribution in [3.05, 3.63) is 66.0 Å². The third-order valence-electron chi connectivity index (χ3n) is 5.97. The van der Waals surface area contributed by atoms with Gasteiger partial charge in [0, 0.05) is 25.8 Å². The topological polar surface area (TPSA) is 45.7 Å². The number of rotatable bonds is 5. The summed E-state index contributed by atoms with van der Waals surface area (Å²) in [5.41, 5.74) is 2.10. The minimum atomic E-state index is -0.381. The number of halogens is 1. The van der Waals surface area contributed by atoms with E-state index in [0.29, 0.717) is 13.1 Å². The number of aromatic nitrogens is 1. The van der Waals surface area contributed by atoms with E-state index < -0.39 is 0 Å². The molecule has 0 saturated carbocycles. The van der Waals surface area contributed by atoms with Gasteiger partial charge in [0.15, 0.2) is 0 Å². The highest BCUT2D eigenvalue weighted by atomic mass is 35.5. The van der Waals surface area contributed by atoms with Crippen molar-refractivity contribution in [2.24, 2.45) is 0 Å². The van der Waals surface area contributed by atoms with Gasteiger partial charge in [-0.15, -0.1) is 12.4 Å². The fourth-order valence-electron chi connectivity index (χ4n) is 4.36. The van der Waals surface area contributed by atoms with Crippen molar-refractivity contribution in [1.82, 2.24) is 14.8 Å². The summed E-state index contributed by atoms with van der Waals surface area (Å²) in [5, 5.41) is 0. The molecule has 2 aromatic rings. The molecule has 1 unspecified atom stereocenters. The molecule has 4 rings (SSSR count). The molecular formula is C23H30ClN3O2. The van der Waals surface area contributed by atoms with Gasteiger partial charge in [-0.1, -0.05) is 36.4 Å². The predicted octanol–water partition coefficient (Wildman–Crippen LogP) is 3.33. The fourth-order valence-corrected chi connectivity index (χ4v) is 4.36.